The Hall–Kier alpha value is -3.71. The van der Waals surface area contributed by atoms with Gasteiger partial charge in [-0.3, -0.25) is 14.5 Å². The smallest absolute Gasteiger partial charge is 0.244 e. The van der Waals surface area contributed by atoms with Crippen LogP contribution in [0.15, 0.2) is 71.9 Å². The summed E-state index contributed by atoms with van der Waals surface area (Å²) in [6.07, 6.45) is 1.63. The summed E-state index contributed by atoms with van der Waals surface area (Å²) in [4.78, 5) is 36.1. The minimum atomic E-state index is -0.380. The molecule has 0 saturated carbocycles. The number of aromatic nitrogens is 1. The summed E-state index contributed by atoms with van der Waals surface area (Å²) < 4.78 is 5.12. The Labute approximate surface area is 184 Å². The number of halogens is 1. The second-order valence-electron chi connectivity index (χ2n) is 6.82. The molecule has 0 aliphatic carbocycles. The quantitative estimate of drug-likeness (QED) is 0.651. The SMILES string of the molecule is COc1ccc(NC(=O)CN2C(=O)CC(c3ccccc3)=Nc3cccnc32)cc1Cl. The standard InChI is InChI=1S/C23H19ClN4O3/c1-31-20-10-9-16(12-17(20)24)26-21(29)14-28-22(30)13-19(15-6-3-2-4-7-15)27-18-8-5-11-25-23(18)28/h2-12H,13-14H2,1H3,(H,26,29). The van der Waals surface area contributed by atoms with Gasteiger partial charge in [-0.25, -0.2) is 9.98 Å². The molecule has 0 unspecified atom stereocenters. The fourth-order valence-electron chi connectivity index (χ4n) is 3.27. The highest BCUT2D eigenvalue weighted by atomic mass is 35.5. The monoisotopic (exact) mass is 434 g/mol. The van der Waals surface area contributed by atoms with Crippen LogP contribution in [0.3, 0.4) is 0 Å². The topological polar surface area (TPSA) is 83.9 Å². The Kier molecular flexibility index (Phi) is 5.95. The lowest BCUT2D eigenvalue weighted by molar-refractivity contribution is -0.120. The Morgan fingerprint density at radius 1 is 1.16 bits per heavy atom. The minimum Gasteiger partial charge on any atom is -0.495 e. The van der Waals surface area contributed by atoms with Gasteiger partial charge in [-0.2, -0.15) is 0 Å². The lowest BCUT2D eigenvalue weighted by Gasteiger charge is -2.20. The molecule has 0 bridgehead atoms. The van der Waals surface area contributed by atoms with Crippen LogP contribution in [-0.2, 0) is 9.59 Å². The highest BCUT2D eigenvalue weighted by Gasteiger charge is 2.27. The Bertz CT molecular complexity index is 1160. The first-order valence-electron chi connectivity index (χ1n) is 9.57. The second-order valence-corrected chi connectivity index (χ2v) is 7.23. The number of hydrogen-bond acceptors (Lipinski definition) is 5. The van der Waals surface area contributed by atoms with Crippen LogP contribution in [0.5, 0.6) is 5.75 Å². The maximum absolute atomic E-state index is 13.1. The molecular formula is C23H19ClN4O3. The van der Waals surface area contributed by atoms with Gasteiger partial charge < -0.3 is 10.1 Å². The zero-order valence-electron chi connectivity index (χ0n) is 16.7. The summed E-state index contributed by atoms with van der Waals surface area (Å²) in [7, 11) is 1.51. The molecule has 1 N–H and O–H groups in total. The van der Waals surface area contributed by atoms with E-state index in [0.29, 0.717) is 33.7 Å². The number of nitrogens with one attached hydrogen (secondary N) is 1. The molecule has 1 aromatic heterocycles. The van der Waals surface area contributed by atoms with Crippen LogP contribution in [0, 0.1) is 0 Å². The van der Waals surface area contributed by atoms with E-state index in [2.05, 4.69) is 15.3 Å². The molecular weight excluding hydrogens is 416 g/mol. The van der Waals surface area contributed by atoms with Crippen LogP contribution >= 0.6 is 11.6 Å². The number of methoxy groups -OCH3 is 1. The number of benzene rings is 2. The summed E-state index contributed by atoms with van der Waals surface area (Å²) in [6.45, 7) is -0.204. The van der Waals surface area contributed by atoms with Gasteiger partial charge in [-0.1, -0.05) is 41.9 Å². The third-order valence-corrected chi connectivity index (χ3v) is 5.04. The first kappa shape index (κ1) is 20.6. The van der Waals surface area contributed by atoms with Crippen molar-refractivity contribution in [2.45, 2.75) is 6.42 Å². The molecule has 31 heavy (non-hydrogen) atoms. The predicted molar refractivity (Wildman–Crippen MR) is 120 cm³/mol. The molecule has 3 aromatic rings. The maximum atomic E-state index is 13.1. The summed E-state index contributed by atoms with van der Waals surface area (Å²) in [5.41, 5.74) is 2.52. The predicted octanol–water partition coefficient (Wildman–Crippen LogP) is 4.24. The summed E-state index contributed by atoms with van der Waals surface area (Å²) in [5, 5.41) is 3.13. The van der Waals surface area contributed by atoms with Crippen molar-refractivity contribution in [1.82, 2.24) is 4.98 Å². The molecule has 7 nitrogen and oxygen atoms in total. The zero-order chi connectivity index (χ0) is 21.8. The largest absolute Gasteiger partial charge is 0.495 e. The number of hydrogen-bond donors (Lipinski definition) is 1. The van der Waals surface area contributed by atoms with Crippen molar-refractivity contribution >= 4 is 46.3 Å². The lowest BCUT2D eigenvalue weighted by atomic mass is 10.1. The molecule has 0 saturated heterocycles. The highest BCUT2D eigenvalue weighted by Crippen LogP contribution is 2.31. The molecule has 0 spiro atoms. The van der Waals surface area contributed by atoms with Gasteiger partial charge in [-0.05, 0) is 35.9 Å². The van der Waals surface area contributed by atoms with Gasteiger partial charge in [0.25, 0.3) is 0 Å². The molecule has 2 aromatic carbocycles. The van der Waals surface area contributed by atoms with Crippen molar-refractivity contribution < 1.29 is 14.3 Å². The zero-order valence-corrected chi connectivity index (χ0v) is 17.5. The molecule has 0 radical (unpaired) electrons. The average Bonchev–Trinajstić information content (AvgIpc) is 2.91. The third-order valence-electron chi connectivity index (χ3n) is 4.74. The molecule has 2 amide bonds. The number of aliphatic imine (C=N–C) groups is 1. The van der Waals surface area contributed by atoms with Crippen LogP contribution in [0.25, 0.3) is 0 Å². The minimum absolute atomic E-state index is 0.0576. The van der Waals surface area contributed by atoms with E-state index in [1.165, 1.54) is 12.0 Å². The molecule has 8 heteroatoms. The maximum Gasteiger partial charge on any atom is 0.244 e. The molecule has 1 aliphatic heterocycles. The number of carbonyl (C=O) groups excluding carboxylic acids is 2. The van der Waals surface area contributed by atoms with E-state index < -0.39 is 0 Å². The van der Waals surface area contributed by atoms with E-state index in [1.807, 2.05) is 30.3 Å². The number of anilines is 2. The number of rotatable bonds is 5. The van der Waals surface area contributed by atoms with Gasteiger partial charge in [0.1, 0.15) is 18.0 Å². The van der Waals surface area contributed by atoms with Crippen LogP contribution in [0.1, 0.15) is 12.0 Å². The van der Waals surface area contributed by atoms with E-state index in [4.69, 9.17) is 16.3 Å². The van der Waals surface area contributed by atoms with Gasteiger partial charge in [0.15, 0.2) is 5.82 Å². The highest BCUT2D eigenvalue weighted by molar-refractivity contribution is 6.32. The van der Waals surface area contributed by atoms with Gasteiger partial charge in [0, 0.05) is 11.9 Å². The normalized spacial score (nSPS) is 13.2. The second kappa shape index (κ2) is 8.97. The number of ether oxygens (including phenoxy) is 1. The van der Waals surface area contributed by atoms with Crippen molar-refractivity contribution in [3.05, 3.63) is 77.4 Å². The molecule has 0 atom stereocenters. The summed E-state index contributed by atoms with van der Waals surface area (Å²) in [6, 6.07) is 17.9. The average molecular weight is 435 g/mol. The third kappa shape index (κ3) is 4.57. The van der Waals surface area contributed by atoms with Crippen LogP contribution < -0.4 is 15.0 Å². The van der Waals surface area contributed by atoms with Crippen LogP contribution in [0.4, 0.5) is 17.2 Å². The fourth-order valence-corrected chi connectivity index (χ4v) is 3.53. The van der Waals surface area contributed by atoms with E-state index in [0.717, 1.165) is 5.56 Å². The molecule has 1 aliphatic rings. The molecule has 4 rings (SSSR count). The van der Waals surface area contributed by atoms with Gasteiger partial charge in [0.05, 0.1) is 24.3 Å². The van der Waals surface area contributed by atoms with Crippen molar-refractivity contribution in [3.63, 3.8) is 0 Å². The van der Waals surface area contributed by atoms with Gasteiger partial charge in [0.2, 0.25) is 11.8 Å². The lowest BCUT2D eigenvalue weighted by Crippen LogP contribution is -2.38. The van der Waals surface area contributed by atoms with Crippen molar-refractivity contribution in [2.75, 3.05) is 23.9 Å². The number of fused-ring (bicyclic) bond motifs is 1. The van der Waals surface area contributed by atoms with E-state index in [1.54, 1.807) is 36.5 Å². The molecule has 156 valence electrons. The van der Waals surface area contributed by atoms with E-state index in [-0.39, 0.29) is 24.8 Å². The van der Waals surface area contributed by atoms with Crippen LogP contribution in [-0.4, -0.2) is 36.2 Å². The summed E-state index contributed by atoms with van der Waals surface area (Å²) >= 11 is 6.12. The number of amides is 2. The summed E-state index contributed by atoms with van der Waals surface area (Å²) in [5.74, 6) is 0.213. The van der Waals surface area contributed by atoms with E-state index >= 15 is 0 Å². The Balaban J connectivity index is 1.57. The number of pyridine rings is 1. The first-order valence-corrected chi connectivity index (χ1v) is 9.94. The molecule has 2 heterocycles. The number of nitrogens with zero attached hydrogens (tertiary/aromatic N) is 3. The van der Waals surface area contributed by atoms with Crippen molar-refractivity contribution in [3.8, 4) is 5.75 Å². The van der Waals surface area contributed by atoms with E-state index in [9.17, 15) is 9.59 Å². The fraction of sp³-hybridized carbons (Fsp3) is 0.130. The number of carbonyl (C=O) groups is 2. The van der Waals surface area contributed by atoms with Gasteiger partial charge >= 0.3 is 0 Å². The Morgan fingerprint density at radius 2 is 1.97 bits per heavy atom. The van der Waals surface area contributed by atoms with Crippen molar-refractivity contribution in [1.29, 1.82) is 0 Å². The van der Waals surface area contributed by atoms with Gasteiger partial charge in [-0.15, -0.1) is 0 Å². The van der Waals surface area contributed by atoms with Crippen molar-refractivity contribution in [2.24, 2.45) is 4.99 Å². The molecule has 0 fully saturated rings. The Morgan fingerprint density at radius 3 is 2.71 bits per heavy atom. The first-order chi connectivity index (χ1) is 15.0. The van der Waals surface area contributed by atoms with Crippen LogP contribution in [0.2, 0.25) is 5.02 Å².